The van der Waals surface area contributed by atoms with Crippen LogP contribution in [0.15, 0.2) is 39.4 Å². The Hall–Kier alpha value is -1.13. The van der Waals surface area contributed by atoms with Crippen LogP contribution in [0.5, 0.6) is 0 Å². The molecule has 0 amide bonds. The number of oxazole rings is 1. The van der Waals surface area contributed by atoms with Gasteiger partial charge in [-0.1, -0.05) is 34.1 Å². The molecule has 0 unspecified atom stereocenters. The first-order chi connectivity index (χ1) is 8.19. The van der Waals surface area contributed by atoms with Crippen molar-refractivity contribution in [2.24, 2.45) is 5.73 Å². The molecule has 88 valence electrons. The molecule has 2 N–H and O–H groups in total. The number of hydrogen-bond donors (Lipinski definition) is 1. The van der Waals surface area contributed by atoms with E-state index in [4.69, 9.17) is 10.2 Å². The number of benzene rings is 1. The Balaban J connectivity index is 1.98. The van der Waals surface area contributed by atoms with Gasteiger partial charge in [0.2, 0.25) is 5.89 Å². The molecule has 1 fully saturated rings. The van der Waals surface area contributed by atoms with Gasteiger partial charge in [-0.25, -0.2) is 4.98 Å². The molecule has 2 aromatic rings. The first-order valence-electron chi connectivity index (χ1n) is 5.69. The molecule has 0 atom stereocenters. The Morgan fingerprint density at radius 2 is 2.06 bits per heavy atom. The van der Waals surface area contributed by atoms with Gasteiger partial charge in [0.05, 0.1) is 5.54 Å². The lowest BCUT2D eigenvalue weighted by Gasteiger charge is -2.34. The number of halogens is 1. The van der Waals surface area contributed by atoms with Gasteiger partial charge in [-0.3, -0.25) is 0 Å². The Labute approximate surface area is 108 Å². The number of hydrogen-bond acceptors (Lipinski definition) is 3. The summed E-state index contributed by atoms with van der Waals surface area (Å²) >= 11 is 3.51. The summed E-state index contributed by atoms with van der Waals surface area (Å²) in [6.45, 7) is 0. The molecular formula is C13H13BrN2O. The predicted octanol–water partition coefficient (Wildman–Crippen LogP) is 3.44. The van der Waals surface area contributed by atoms with Gasteiger partial charge >= 0.3 is 0 Å². The van der Waals surface area contributed by atoms with Gasteiger partial charge in [-0.15, -0.1) is 0 Å². The molecule has 0 spiro atoms. The van der Waals surface area contributed by atoms with E-state index in [1.54, 1.807) is 6.26 Å². The topological polar surface area (TPSA) is 52.0 Å². The van der Waals surface area contributed by atoms with Gasteiger partial charge in [0.25, 0.3) is 0 Å². The summed E-state index contributed by atoms with van der Waals surface area (Å²) in [6, 6.07) is 7.96. The average Bonchev–Trinajstić information content (AvgIpc) is 2.76. The highest BCUT2D eigenvalue weighted by Gasteiger charge is 2.39. The van der Waals surface area contributed by atoms with Gasteiger partial charge < -0.3 is 10.2 Å². The van der Waals surface area contributed by atoms with Crippen LogP contribution in [-0.4, -0.2) is 4.98 Å². The molecule has 0 saturated heterocycles. The Morgan fingerprint density at radius 1 is 1.29 bits per heavy atom. The summed E-state index contributed by atoms with van der Waals surface area (Å²) in [5, 5.41) is 0. The summed E-state index contributed by atoms with van der Waals surface area (Å²) in [6.07, 6.45) is 4.76. The second kappa shape index (κ2) is 3.96. The highest BCUT2D eigenvalue weighted by molar-refractivity contribution is 9.10. The van der Waals surface area contributed by atoms with E-state index in [9.17, 15) is 0 Å². The van der Waals surface area contributed by atoms with Crippen molar-refractivity contribution in [1.29, 1.82) is 0 Å². The molecular weight excluding hydrogens is 280 g/mol. The summed E-state index contributed by atoms with van der Waals surface area (Å²) in [5.41, 5.74) is 7.72. The smallest absolute Gasteiger partial charge is 0.214 e. The van der Waals surface area contributed by atoms with Gasteiger partial charge in [0, 0.05) is 10.0 Å². The minimum atomic E-state index is -0.334. The van der Waals surface area contributed by atoms with Gasteiger partial charge in [0.15, 0.2) is 0 Å². The summed E-state index contributed by atoms with van der Waals surface area (Å²) < 4.78 is 6.54. The molecule has 1 aromatic heterocycles. The molecule has 3 rings (SSSR count). The highest BCUT2D eigenvalue weighted by atomic mass is 79.9. The van der Waals surface area contributed by atoms with E-state index < -0.39 is 0 Å². The fourth-order valence-electron chi connectivity index (χ4n) is 2.07. The maximum absolute atomic E-state index is 6.19. The van der Waals surface area contributed by atoms with Crippen LogP contribution < -0.4 is 5.73 Å². The summed E-state index contributed by atoms with van der Waals surface area (Å²) in [4.78, 5) is 4.51. The maximum atomic E-state index is 6.19. The number of nitrogens with zero attached hydrogens (tertiary/aromatic N) is 1. The van der Waals surface area contributed by atoms with Crippen LogP contribution in [0.25, 0.3) is 11.3 Å². The van der Waals surface area contributed by atoms with E-state index in [0.29, 0.717) is 5.89 Å². The zero-order chi connectivity index (χ0) is 11.9. The van der Waals surface area contributed by atoms with E-state index in [0.717, 1.165) is 35.0 Å². The Morgan fingerprint density at radius 3 is 2.71 bits per heavy atom. The van der Waals surface area contributed by atoms with Crippen molar-refractivity contribution in [2.45, 2.75) is 24.8 Å². The van der Waals surface area contributed by atoms with Crippen molar-refractivity contribution >= 4 is 15.9 Å². The minimum Gasteiger partial charge on any atom is -0.446 e. The number of nitrogens with two attached hydrogens (primary N) is 1. The third-order valence-electron chi connectivity index (χ3n) is 3.33. The zero-order valence-electron chi connectivity index (χ0n) is 9.32. The molecule has 4 heteroatoms. The third kappa shape index (κ3) is 1.81. The molecule has 1 saturated carbocycles. The highest BCUT2D eigenvalue weighted by Crippen LogP contribution is 2.39. The van der Waals surface area contributed by atoms with Crippen LogP contribution in [-0.2, 0) is 5.54 Å². The van der Waals surface area contributed by atoms with Crippen molar-refractivity contribution in [1.82, 2.24) is 4.98 Å². The lowest BCUT2D eigenvalue weighted by atomic mass is 9.78. The molecule has 0 bridgehead atoms. The lowest BCUT2D eigenvalue weighted by Crippen LogP contribution is -2.43. The van der Waals surface area contributed by atoms with E-state index in [-0.39, 0.29) is 5.54 Å². The standard InChI is InChI=1S/C13H13BrN2O/c14-10-5-2-1-4-9(10)11-8-17-12(16-11)13(15)6-3-7-13/h1-2,4-5,8H,3,6-7,15H2. The Kier molecular flexibility index (Phi) is 2.56. The van der Waals surface area contributed by atoms with Crippen molar-refractivity contribution in [3.63, 3.8) is 0 Å². The molecule has 17 heavy (non-hydrogen) atoms. The average molecular weight is 293 g/mol. The number of rotatable bonds is 2. The summed E-state index contributed by atoms with van der Waals surface area (Å²) in [7, 11) is 0. The van der Waals surface area contributed by atoms with E-state index in [2.05, 4.69) is 20.9 Å². The van der Waals surface area contributed by atoms with Crippen LogP contribution in [0.4, 0.5) is 0 Å². The monoisotopic (exact) mass is 292 g/mol. The molecule has 0 aliphatic heterocycles. The van der Waals surface area contributed by atoms with E-state index in [1.165, 1.54) is 0 Å². The van der Waals surface area contributed by atoms with Gasteiger partial charge in [-0.2, -0.15) is 0 Å². The van der Waals surface area contributed by atoms with Crippen LogP contribution >= 0.6 is 15.9 Å². The quantitative estimate of drug-likeness (QED) is 0.922. The van der Waals surface area contributed by atoms with E-state index >= 15 is 0 Å². The number of aromatic nitrogens is 1. The minimum absolute atomic E-state index is 0.334. The lowest BCUT2D eigenvalue weighted by molar-refractivity contribution is 0.199. The van der Waals surface area contributed by atoms with Gasteiger partial charge in [-0.05, 0) is 25.3 Å². The van der Waals surface area contributed by atoms with Crippen molar-refractivity contribution in [3.05, 3.63) is 40.9 Å². The van der Waals surface area contributed by atoms with Crippen LogP contribution in [0.2, 0.25) is 0 Å². The van der Waals surface area contributed by atoms with Crippen molar-refractivity contribution in [3.8, 4) is 11.3 Å². The fourth-order valence-corrected chi connectivity index (χ4v) is 2.55. The largest absolute Gasteiger partial charge is 0.446 e. The molecule has 1 aliphatic rings. The first-order valence-corrected chi connectivity index (χ1v) is 6.48. The first kappa shape index (κ1) is 11.0. The van der Waals surface area contributed by atoms with Crippen LogP contribution in [0, 0.1) is 0 Å². The second-order valence-corrected chi connectivity index (χ2v) is 5.38. The zero-order valence-corrected chi connectivity index (χ0v) is 10.9. The SMILES string of the molecule is NC1(c2nc(-c3ccccc3Br)co2)CCC1. The second-order valence-electron chi connectivity index (χ2n) is 4.53. The fraction of sp³-hybridized carbons (Fsp3) is 0.308. The Bertz CT molecular complexity index is 546. The van der Waals surface area contributed by atoms with Crippen LogP contribution in [0.3, 0.4) is 0 Å². The van der Waals surface area contributed by atoms with Crippen molar-refractivity contribution in [2.75, 3.05) is 0 Å². The van der Waals surface area contributed by atoms with E-state index in [1.807, 2.05) is 24.3 Å². The molecule has 1 heterocycles. The normalized spacial score (nSPS) is 17.8. The summed E-state index contributed by atoms with van der Waals surface area (Å²) in [5.74, 6) is 0.662. The van der Waals surface area contributed by atoms with Crippen molar-refractivity contribution < 1.29 is 4.42 Å². The predicted molar refractivity (Wildman–Crippen MR) is 69.4 cm³/mol. The third-order valence-corrected chi connectivity index (χ3v) is 4.02. The van der Waals surface area contributed by atoms with Crippen LogP contribution in [0.1, 0.15) is 25.2 Å². The van der Waals surface area contributed by atoms with Gasteiger partial charge in [0.1, 0.15) is 12.0 Å². The molecule has 0 radical (unpaired) electrons. The molecule has 1 aliphatic carbocycles. The molecule has 3 nitrogen and oxygen atoms in total. The maximum Gasteiger partial charge on any atom is 0.214 e. The molecule has 1 aromatic carbocycles.